The Morgan fingerprint density at radius 2 is 1.82 bits per heavy atom. The van der Waals surface area contributed by atoms with Crippen LogP contribution in [-0.2, 0) is 14.4 Å². The molecule has 0 heterocycles. The van der Waals surface area contributed by atoms with E-state index < -0.39 is 23.8 Å². The molecule has 0 aromatic carbocycles. The molecule has 96 valence electrons. The molecule has 1 atom stereocenters. The van der Waals surface area contributed by atoms with Crippen molar-refractivity contribution < 1.29 is 14.4 Å². The second-order valence-electron chi connectivity index (χ2n) is 4.16. The number of hydrogen-bond donors (Lipinski definition) is 3. The van der Waals surface area contributed by atoms with Gasteiger partial charge in [0.15, 0.2) is 0 Å². The molecule has 0 saturated carbocycles. The van der Waals surface area contributed by atoms with Crippen LogP contribution in [0.3, 0.4) is 0 Å². The summed E-state index contributed by atoms with van der Waals surface area (Å²) in [7, 11) is 0. The molecule has 6 nitrogen and oxygen atoms in total. The first kappa shape index (κ1) is 15.2. The number of rotatable bonds is 6. The summed E-state index contributed by atoms with van der Waals surface area (Å²) in [6.07, 6.45) is 0. The highest BCUT2D eigenvalue weighted by Gasteiger charge is 2.24. The van der Waals surface area contributed by atoms with Gasteiger partial charge in [-0.3, -0.25) is 14.4 Å². The summed E-state index contributed by atoms with van der Waals surface area (Å²) < 4.78 is 0. The molecule has 0 aromatic heterocycles. The number of nitrogens with one attached hydrogen (secondary N) is 2. The van der Waals surface area contributed by atoms with E-state index >= 15 is 0 Å². The van der Waals surface area contributed by atoms with Crippen LogP contribution in [0.1, 0.15) is 20.8 Å². The Kier molecular flexibility index (Phi) is 5.95. The van der Waals surface area contributed by atoms with E-state index in [9.17, 15) is 14.4 Å². The van der Waals surface area contributed by atoms with Crippen LogP contribution in [0.4, 0.5) is 0 Å². The van der Waals surface area contributed by atoms with Gasteiger partial charge in [0.25, 0.3) is 0 Å². The van der Waals surface area contributed by atoms with E-state index in [1.807, 2.05) is 0 Å². The van der Waals surface area contributed by atoms with Gasteiger partial charge in [-0.25, -0.2) is 0 Å². The maximum Gasteiger partial charge on any atom is 0.246 e. The summed E-state index contributed by atoms with van der Waals surface area (Å²) in [5.41, 5.74) is 5.23. The standard InChI is InChI=1S/C11H19N3O3/c1-6(2)9(14-10(16)7(3)4)11(17)13-5-8(12)15/h6,9H,3,5H2,1-2,4H3,(H2,12,15)(H,13,17)(H,14,16). The molecule has 3 amide bonds. The van der Waals surface area contributed by atoms with Gasteiger partial charge in [0.2, 0.25) is 17.7 Å². The highest BCUT2D eigenvalue weighted by atomic mass is 16.2. The Balaban J connectivity index is 4.52. The van der Waals surface area contributed by atoms with Crippen LogP contribution in [0.25, 0.3) is 0 Å². The van der Waals surface area contributed by atoms with Crippen molar-refractivity contribution in [2.75, 3.05) is 6.54 Å². The van der Waals surface area contributed by atoms with Gasteiger partial charge in [-0.15, -0.1) is 0 Å². The number of carbonyl (C=O) groups is 3. The van der Waals surface area contributed by atoms with Gasteiger partial charge in [0.1, 0.15) is 6.04 Å². The Labute approximate surface area is 101 Å². The fourth-order valence-electron chi connectivity index (χ4n) is 1.08. The predicted octanol–water partition coefficient (Wildman–Crippen LogP) is -0.695. The lowest BCUT2D eigenvalue weighted by atomic mass is 10.0. The van der Waals surface area contributed by atoms with E-state index in [2.05, 4.69) is 17.2 Å². The highest BCUT2D eigenvalue weighted by Crippen LogP contribution is 2.03. The molecule has 0 saturated heterocycles. The highest BCUT2D eigenvalue weighted by molar-refractivity contribution is 5.96. The summed E-state index contributed by atoms with van der Waals surface area (Å²) in [5.74, 6) is -1.57. The zero-order chi connectivity index (χ0) is 13.6. The minimum Gasteiger partial charge on any atom is -0.368 e. The predicted molar refractivity (Wildman–Crippen MR) is 63.8 cm³/mol. The van der Waals surface area contributed by atoms with Crippen LogP contribution in [0.15, 0.2) is 12.2 Å². The topological polar surface area (TPSA) is 101 Å². The number of primary amides is 1. The first-order chi connectivity index (χ1) is 7.75. The van der Waals surface area contributed by atoms with Crippen LogP contribution < -0.4 is 16.4 Å². The third kappa shape index (κ3) is 5.70. The Hall–Kier alpha value is -1.85. The zero-order valence-corrected chi connectivity index (χ0v) is 10.4. The average Bonchev–Trinajstić information content (AvgIpc) is 2.21. The molecule has 0 aliphatic carbocycles. The van der Waals surface area contributed by atoms with E-state index in [1.165, 1.54) is 0 Å². The second kappa shape index (κ2) is 6.67. The van der Waals surface area contributed by atoms with Crippen LogP contribution in [-0.4, -0.2) is 30.3 Å². The molecular formula is C11H19N3O3. The van der Waals surface area contributed by atoms with Crippen molar-refractivity contribution in [3.05, 3.63) is 12.2 Å². The van der Waals surface area contributed by atoms with Crippen molar-refractivity contribution in [3.8, 4) is 0 Å². The smallest absolute Gasteiger partial charge is 0.246 e. The van der Waals surface area contributed by atoms with Crippen molar-refractivity contribution in [2.45, 2.75) is 26.8 Å². The number of nitrogens with two attached hydrogens (primary N) is 1. The minimum atomic E-state index is -0.710. The van der Waals surface area contributed by atoms with Crippen molar-refractivity contribution in [2.24, 2.45) is 11.7 Å². The molecule has 0 bridgehead atoms. The molecule has 0 spiro atoms. The largest absolute Gasteiger partial charge is 0.368 e. The summed E-state index contributed by atoms with van der Waals surface area (Å²) >= 11 is 0. The first-order valence-electron chi connectivity index (χ1n) is 5.28. The van der Waals surface area contributed by atoms with Crippen LogP contribution in [0.2, 0.25) is 0 Å². The van der Waals surface area contributed by atoms with E-state index in [1.54, 1.807) is 20.8 Å². The van der Waals surface area contributed by atoms with Gasteiger partial charge in [-0.1, -0.05) is 20.4 Å². The third-order valence-electron chi connectivity index (χ3n) is 2.06. The average molecular weight is 241 g/mol. The molecule has 0 radical (unpaired) electrons. The van der Waals surface area contributed by atoms with Gasteiger partial charge in [0, 0.05) is 5.57 Å². The summed E-state index contributed by atoms with van der Waals surface area (Å²) in [6, 6.07) is -0.710. The lowest BCUT2D eigenvalue weighted by Gasteiger charge is -2.21. The van der Waals surface area contributed by atoms with Crippen molar-refractivity contribution in [3.63, 3.8) is 0 Å². The number of carbonyl (C=O) groups excluding carboxylic acids is 3. The molecule has 0 fully saturated rings. The monoisotopic (exact) mass is 241 g/mol. The van der Waals surface area contributed by atoms with Crippen LogP contribution in [0, 0.1) is 5.92 Å². The molecule has 4 N–H and O–H groups in total. The lowest BCUT2D eigenvalue weighted by molar-refractivity contribution is -0.129. The second-order valence-corrected chi connectivity index (χ2v) is 4.16. The van der Waals surface area contributed by atoms with Crippen molar-refractivity contribution in [1.82, 2.24) is 10.6 Å². The Morgan fingerprint density at radius 3 is 2.18 bits per heavy atom. The third-order valence-corrected chi connectivity index (χ3v) is 2.06. The molecule has 0 aliphatic rings. The molecule has 0 aliphatic heterocycles. The van der Waals surface area contributed by atoms with Gasteiger partial charge >= 0.3 is 0 Å². The van der Waals surface area contributed by atoms with Gasteiger partial charge in [-0.05, 0) is 12.8 Å². The minimum absolute atomic E-state index is 0.105. The van der Waals surface area contributed by atoms with Crippen LogP contribution >= 0.6 is 0 Å². The SMILES string of the molecule is C=C(C)C(=O)NC(C(=O)NCC(N)=O)C(C)C. The zero-order valence-electron chi connectivity index (χ0n) is 10.4. The van der Waals surface area contributed by atoms with E-state index in [0.29, 0.717) is 5.57 Å². The molecule has 0 rings (SSSR count). The fraction of sp³-hybridized carbons (Fsp3) is 0.545. The maximum absolute atomic E-state index is 11.7. The van der Waals surface area contributed by atoms with E-state index in [4.69, 9.17) is 5.73 Å². The molecule has 17 heavy (non-hydrogen) atoms. The quantitative estimate of drug-likeness (QED) is 0.536. The van der Waals surface area contributed by atoms with Crippen molar-refractivity contribution >= 4 is 17.7 Å². The fourth-order valence-corrected chi connectivity index (χ4v) is 1.08. The summed E-state index contributed by atoms with van der Waals surface area (Å²) in [5, 5.41) is 4.89. The van der Waals surface area contributed by atoms with E-state index in [-0.39, 0.29) is 12.5 Å². The maximum atomic E-state index is 11.7. The summed E-state index contributed by atoms with van der Waals surface area (Å²) in [4.78, 5) is 33.6. The number of hydrogen-bond acceptors (Lipinski definition) is 3. The normalized spacial score (nSPS) is 11.8. The molecular weight excluding hydrogens is 222 g/mol. The first-order valence-corrected chi connectivity index (χ1v) is 5.28. The molecule has 6 heteroatoms. The van der Waals surface area contributed by atoms with E-state index in [0.717, 1.165) is 0 Å². The Bertz CT molecular complexity index is 337. The van der Waals surface area contributed by atoms with Gasteiger partial charge < -0.3 is 16.4 Å². The summed E-state index contributed by atoms with van der Waals surface area (Å²) in [6.45, 7) is 8.36. The Morgan fingerprint density at radius 1 is 1.29 bits per heavy atom. The lowest BCUT2D eigenvalue weighted by Crippen LogP contribution is -2.51. The van der Waals surface area contributed by atoms with Crippen molar-refractivity contribution in [1.29, 1.82) is 0 Å². The van der Waals surface area contributed by atoms with Crippen LogP contribution in [0.5, 0.6) is 0 Å². The van der Waals surface area contributed by atoms with Gasteiger partial charge in [-0.2, -0.15) is 0 Å². The van der Waals surface area contributed by atoms with Gasteiger partial charge in [0.05, 0.1) is 6.54 Å². The molecule has 1 unspecified atom stereocenters. The number of amides is 3. The molecule has 0 aromatic rings.